The van der Waals surface area contributed by atoms with Crippen molar-refractivity contribution in [3.05, 3.63) is 35.9 Å². The highest BCUT2D eigenvalue weighted by Crippen LogP contribution is 2.01. The Bertz CT molecular complexity index is 349. The highest BCUT2D eigenvalue weighted by Gasteiger charge is 2.14. The van der Waals surface area contributed by atoms with E-state index in [0.29, 0.717) is 6.42 Å². The Morgan fingerprint density at radius 3 is 2.47 bits per heavy atom. The second-order valence-corrected chi connectivity index (χ2v) is 3.34. The monoisotopic (exact) mass is 206 g/mol. The first-order valence-electron chi connectivity index (χ1n) is 4.70. The molecule has 0 bridgehead atoms. The van der Waals surface area contributed by atoms with Crippen LogP contribution in [0.5, 0.6) is 0 Å². The molecular weight excluding hydrogens is 192 g/mol. The molecular formula is C11H14N2O2. The molecule has 0 radical (unpaired) electrons. The molecule has 0 fully saturated rings. The van der Waals surface area contributed by atoms with Crippen LogP contribution in [-0.2, 0) is 16.0 Å². The van der Waals surface area contributed by atoms with E-state index < -0.39 is 11.9 Å². The van der Waals surface area contributed by atoms with Gasteiger partial charge in [0.25, 0.3) is 0 Å². The third-order valence-electron chi connectivity index (χ3n) is 1.93. The summed E-state index contributed by atoms with van der Waals surface area (Å²) in [6.07, 6.45) is 0.431. The molecule has 0 saturated heterocycles. The van der Waals surface area contributed by atoms with Gasteiger partial charge in [0.2, 0.25) is 11.8 Å². The minimum atomic E-state index is -0.684. The van der Waals surface area contributed by atoms with Crippen LogP contribution in [0.3, 0.4) is 0 Å². The van der Waals surface area contributed by atoms with E-state index >= 15 is 0 Å². The van der Waals surface area contributed by atoms with Gasteiger partial charge in [0.05, 0.1) is 6.04 Å². The molecule has 4 nitrogen and oxygen atoms in total. The standard InChI is InChI=1S/C11H14N2O2/c1-8(14)13-11(15)10(12)7-9-5-3-2-4-6-9/h2-6,10H,7,12H2,1H3,(H,13,14,15). The number of nitrogens with one attached hydrogen (secondary N) is 1. The van der Waals surface area contributed by atoms with Gasteiger partial charge in [-0.3, -0.25) is 14.9 Å². The number of rotatable bonds is 3. The average molecular weight is 206 g/mol. The van der Waals surface area contributed by atoms with Crippen LogP contribution in [0, 0.1) is 0 Å². The largest absolute Gasteiger partial charge is 0.320 e. The lowest BCUT2D eigenvalue weighted by Crippen LogP contribution is -2.43. The van der Waals surface area contributed by atoms with E-state index in [-0.39, 0.29) is 5.91 Å². The van der Waals surface area contributed by atoms with Crippen LogP contribution in [0.2, 0.25) is 0 Å². The smallest absolute Gasteiger partial charge is 0.243 e. The molecule has 1 atom stereocenters. The second-order valence-electron chi connectivity index (χ2n) is 3.34. The summed E-state index contributed by atoms with van der Waals surface area (Å²) < 4.78 is 0. The Morgan fingerprint density at radius 1 is 1.33 bits per heavy atom. The van der Waals surface area contributed by atoms with Crippen molar-refractivity contribution < 1.29 is 9.59 Å². The molecule has 0 aliphatic carbocycles. The van der Waals surface area contributed by atoms with Crippen molar-refractivity contribution in [1.82, 2.24) is 5.32 Å². The fourth-order valence-electron chi connectivity index (χ4n) is 1.23. The van der Waals surface area contributed by atoms with Crippen LogP contribution in [-0.4, -0.2) is 17.9 Å². The maximum atomic E-state index is 11.3. The van der Waals surface area contributed by atoms with Gasteiger partial charge < -0.3 is 5.73 Å². The average Bonchev–Trinajstić information content (AvgIpc) is 2.18. The van der Waals surface area contributed by atoms with Crippen LogP contribution < -0.4 is 11.1 Å². The number of carbonyl (C=O) groups is 2. The molecule has 1 aromatic rings. The van der Waals surface area contributed by atoms with Crippen LogP contribution in [0.25, 0.3) is 0 Å². The summed E-state index contributed by atoms with van der Waals surface area (Å²) in [5, 5.41) is 2.16. The molecule has 80 valence electrons. The number of imide groups is 1. The molecule has 1 aromatic carbocycles. The number of amides is 2. The van der Waals surface area contributed by atoms with Gasteiger partial charge in [0.1, 0.15) is 0 Å². The predicted molar refractivity (Wildman–Crippen MR) is 56.9 cm³/mol. The van der Waals surface area contributed by atoms with E-state index in [2.05, 4.69) is 5.32 Å². The molecule has 0 saturated carbocycles. The normalized spacial score (nSPS) is 11.9. The minimum absolute atomic E-state index is 0.386. The Morgan fingerprint density at radius 2 is 1.93 bits per heavy atom. The molecule has 0 aliphatic rings. The topological polar surface area (TPSA) is 72.2 Å². The van der Waals surface area contributed by atoms with Crippen molar-refractivity contribution in [1.29, 1.82) is 0 Å². The summed E-state index contributed by atoms with van der Waals surface area (Å²) in [5.41, 5.74) is 6.61. The van der Waals surface area contributed by atoms with Crippen LogP contribution >= 0.6 is 0 Å². The fraction of sp³-hybridized carbons (Fsp3) is 0.273. The molecule has 1 rings (SSSR count). The Kier molecular flexibility index (Phi) is 4.00. The number of hydrogen-bond acceptors (Lipinski definition) is 3. The zero-order valence-corrected chi connectivity index (χ0v) is 8.57. The van der Waals surface area contributed by atoms with Crippen LogP contribution in [0.15, 0.2) is 30.3 Å². The molecule has 0 aliphatic heterocycles. The molecule has 3 N–H and O–H groups in total. The number of carbonyl (C=O) groups excluding carboxylic acids is 2. The highest BCUT2D eigenvalue weighted by molar-refractivity contribution is 5.96. The van der Waals surface area contributed by atoms with Crippen molar-refractivity contribution >= 4 is 11.8 Å². The van der Waals surface area contributed by atoms with Gasteiger partial charge >= 0.3 is 0 Å². The van der Waals surface area contributed by atoms with Crippen LogP contribution in [0.1, 0.15) is 12.5 Å². The van der Waals surface area contributed by atoms with Crippen molar-refractivity contribution in [2.45, 2.75) is 19.4 Å². The summed E-state index contributed by atoms with van der Waals surface area (Å²) >= 11 is 0. The number of nitrogens with two attached hydrogens (primary N) is 1. The highest BCUT2D eigenvalue weighted by atomic mass is 16.2. The van der Waals surface area contributed by atoms with E-state index in [0.717, 1.165) is 5.56 Å². The zero-order valence-electron chi connectivity index (χ0n) is 8.57. The predicted octanol–water partition coefficient (Wildman–Crippen LogP) is 0.219. The number of hydrogen-bond donors (Lipinski definition) is 2. The van der Waals surface area contributed by atoms with E-state index in [1.54, 1.807) is 0 Å². The van der Waals surface area contributed by atoms with E-state index in [1.807, 2.05) is 30.3 Å². The molecule has 15 heavy (non-hydrogen) atoms. The summed E-state index contributed by atoms with van der Waals surface area (Å²) in [7, 11) is 0. The van der Waals surface area contributed by atoms with Crippen molar-refractivity contribution in [2.24, 2.45) is 5.73 Å². The second kappa shape index (κ2) is 5.26. The molecule has 4 heteroatoms. The lowest BCUT2D eigenvalue weighted by molar-refractivity contribution is -0.130. The Balaban J connectivity index is 2.52. The van der Waals surface area contributed by atoms with Gasteiger partial charge in [0.15, 0.2) is 0 Å². The Labute approximate surface area is 88.5 Å². The summed E-state index contributed by atoms with van der Waals surface area (Å²) in [6.45, 7) is 1.28. The number of benzene rings is 1. The SMILES string of the molecule is CC(=O)NC(=O)C(N)Cc1ccccc1. The van der Waals surface area contributed by atoms with Gasteiger partial charge in [-0.1, -0.05) is 30.3 Å². The fourth-order valence-corrected chi connectivity index (χ4v) is 1.23. The first-order chi connectivity index (χ1) is 7.09. The van der Waals surface area contributed by atoms with Crippen LogP contribution in [0.4, 0.5) is 0 Å². The van der Waals surface area contributed by atoms with Gasteiger partial charge in [-0.15, -0.1) is 0 Å². The van der Waals surface area contributed by atoms with Crippen molar-refractivity contribution in [2.75, 3.05) is 0 Å². The third-order valence-corrected chi connectivity index (χ3v) is 1.93. The summed E-state index contributed by atoms with van der Waals surface area (Å²) in [6, 6.07) is 8.75. The lowest BCUT2D eigenvalue weighted by atomic mass is 10.1. The molecule has 0 spiro atoms. The summed E-state index contributed by atoms with van der Waals surface area (Å²) in [4.78, 5) is 21.9. The molecule has 1 unspecified atom stereocenters. The molecule has 0 heterocycles. The van der Waals surface area contributed by atoms with Gasteiger partial charge in [-0.2, -0.15) is 0 Å². The first kappa shape index (κ1) is 11.4. The van der Waals surface area contributed by atoms with Gasteiger partial charge in [0, 0.05) is 6.92 Å². The quantitative estimate of drug-likeness (QED) is 0.743. The molecule has 2 amide bonds. The zero-order chi connectivity index (χ0) is 11.3. The van der Waals surface area contributed by atoms with E-state index in [9.17, 15) is 9.59 Å². The van der Waals surface area contributed by atoms with E-state index in [4.69, 9.17) is 5.73 Å². The summed E-state index contributed by atoms with van der Waals surface area (Å²) in [5.74, 6) is -0.824. The maximum absolute atomic E-state index is 11.3. The van der Waals surface area contributed by atoms with Crippen molar-refractivity contribution in [3.8, 4) is 0 Å². The van der Waals surface area contributed by atoms with Gasteiger partial charge in [-0.25, -0.2) is 0 Å². The van der Waals surface area contributed by atoms with E-state index in [1.165, 1.54) is 6.92 Å². The van der Waals surface area contributed by atoms with Crippen molar-refractivity contribution in [3.63, 3.8) is 0 Å². The Hall–Kier alpha value is -1.68. The third kappa shape index (κ3) is 3.91. The lowest BCUT2D eigenvalue weighted by Gasteiger charge is -2.10. The molecule has 0 aromatic heterocycles. The first-order valence-corrected chi connectivity index (χ1v) is 4.70. The minimum Gasteiger partial charge on any atom is -0.320 e. The maximum Gasteiger partial charge on any atom is 0.243 e. The van der Waals surface area contributed by atoms with Gasteiger partial charge in [-0.05, 0) is 12.0 Å².